The van der Waals surface area contributed by atoms with Gasteiger partial charge in [0.1, 0.15) is 5.02 Å². The van der Waals surface area contributed by atoms with Crippen LogP contribution in [0.2, 0.25) is 5.02 Å². The minimum atomic E-state index is -1.16. The lowest BCUT2D eigenvalue weighted by Gasteiger charge is -2.35. The van der Waals surface area contributed by atoms with Gasteiger partial charge in [0.25, 0.3) is 17.5 Å². The summed E-state index contributed by atoms with van der Waals surface area (Å²) < 4.78 is 10.5. The van der Waals surface area contributed by atoms with Crippen molar-refractivity contribution in [2.24, 2.45) is 0 Å². The molecule has 0 aliphatic carbocycles. The number of ketones is 1. The van der Waals surface area contributed by atoms with Gasteiger partial charge in [0.2, 0.25) is 0 Å². The van der Waals surface area contributed by atoms with Gasteiger partial charge in [-0.05, 0) is 37.3 Å². The number of hydrogen-bond acceptors (Lipinski definition) is 8. The number of nitro benzene ring substituents is 1. The topological polar surface area (TPSA) is 140 Å². The summed E-state index contributed by atoms with van der Waals surface area (Å²) in [5, 5.41) is 11.1. The lowest BCUT2D eigenvalue weighted by Crippen LogP contribution is -2.53. The van der Waals surface area contributed by atoms with E-state index in [1.54, 1.807) is 17.0 Å². The molecular weight excluding hydrogens is 518 g/mol. The summed E-state index contributed by atoms with van der Waals surface area (Å²) in [4.78, 5) is 65.0. The number of ether oxygens (including phenoxy) is 1. The zero-order valence-corrected chi connectivity index (χ0v) is 20.9. The molecule has 1 aliphatic heterocycles. The molecule has 0 N–H and O–H groups in total. The summed E-state index contributed by atoms with van der Waals surface area (Å²) in [6.07, 6.45) is 0.253. The SMILES string of the molecule is C[C@@H](OC(=O)c1ccccc1C(=O)c1ccc(Cl)c([N+](=O)[O-])c1)C(=O)N1CCN(C(=O)c2ccco2)CC1. The second-order valence-corrected chi connectivity index (χ2v) is 8.85. The van der Waals surface area contributed by atoms with E-state index < -0.39 is 34.4 Å². The molecule has 12 heteroatoms. The molecule has 2 amide bonds. The van der Waals surface area contributed by atoms with Gasteiger partial charge >= 0.3 is 5.97 Å². The third-order valence-electron chi connectivity index (χ3n) is 6.04. The highest BCUT2D eigenvalue weighted by Crippen LogP contribution is 2.27. The second-order valence-electron chi connectivity index (χ2n) is 8.44. The van der Waals surface area contributed by atoms with E-state index in [0.717, 1.165) is 6.07 Å². The zero-order chi connectivity index (χ0) is 27.4. The van der Waals surface area contributed by atoms with Crippen molar-refractivity contribution in [1.29, 1.82) is 0 Å². The van der Waals surface area contributed by atoms with Crippen LogP contribution in [0.4, 0.5) is 5.69 Å². The average Bonchev–Trinajstić information content (AvgIpc) is 3.47. The molecule has 3 aromatic rings. The minimum absolute atomic E-state index is 0.0348. The Balaban J connectivity index is 1.42. The number of benzene rings is 2. The number of nitro groups is 1. The van der Waals surface area contributed by atoms with E-state index in [1.807, 2.05) is 0 Å². The first-order valence-electron chi connectivity index (χ1n) is 11.6. The number of hydrogen-bond donors (Lipinski definition) is 0. The molecule has 11 nitrogen and oxygen atoms in total. The van der Waals surface area contributed by atoms with Crippen molar-refractivity contribution < 1.29 is 33.3 Å². The molecule has 1 atom stereocenters. The largest absolute Gasteiger partial charge is 0.459 e. The van der Waals surface area contributed by atoms with Gasteiger partial charge in [0.05, 0.1) is 16.7 Å². The van der Waals surface area contributed by atoms with E-state index >= 15 is 0 Å². The van der Waals surface area contributed by atoms with Crippen LogP contribution in [0, 0.1) is 10.1 Å². The average molecular weight is 540 g/mol. The maximum absolute atomic E-state index is 13.1. The maximum atomic E-state index is 13.1. The van der Waals surface area contributed by atoms with Gasteiger partial charge in [-0.1, -0.05) is 29.8 Å². The monoisotopic (exact) mass is 539 g/mol. The summed E-state index contributed by atoms with van der Waals surface area (Å²) >= 11 is 5.83. The van der Waals surface area contributed by atoms with Gasteiger partial charge in [0.15, 0.2) is 17.6 Å². The van der Waals surface area contributed by atoms with Gasteiger partial charge in [-0.15, -0.1) is 0 Å². The van der Waals surface area contributed by atoms with Crippen LogP contribution in [-0.4, -0.2) is 70.6 Å². The van der Waals surface area contributed by atoms with Crippen molar-refractivity contribution in [2.75, 3.05) is 26.2 Å². The number of furan rings is 1. The normalized spacial score (nSPS) is 14.1. The van der Waals surface area contributed by atoms with Gasteiger partial charge in [-0.3, -0.25) is 24.5 Å². The molecule has 1 fully saturated rings. The van der Waals surface area contributed by atoms with Crippen LogP contribution < -0.4 is 0 Å². The highest BCUT2D eigenvalue weighted by atomic mass is 35.5. The summed E-state index contributed by atoms with van der Waals surface area (Å²) in [6, 6.07) is 12.6. The van der Waals surface area contributed by atoms with Crippen LogP contribution in [0.5, 0.6) is 0 Å². The Morgan fingerprint density at radius 2 is 1.63 bits per heavy atom. The molecule has 196 valence electrons. The number of piperazine rings is 1. The van der Waals surface area contributed by atoms with Crippen LogP contribution >= 0.6 is 11.6 Å². The summed E-state index contributed by atoms with van der Waals surface area (Å²) in [5.41, 5.74) is -0.613. The number of esters is 1. The Kier molecular flexibility index (Phi) is 7.87. The third kappa shape index (κ3) is 5.57. The smallest absolute Gasteiger partial charge is 0.339 e. The Morgan fingerprint density at radius 3 is 2.26 bits per heavy atom. The van der Waals surface area contributed by atoms with Gasteiger partial charge in [-0.25, -0.2) is 4.79 Å². The zero-order valence-electron chi connectivity index (χ0n) is 20.2. The van der Waals surface area contributed by atoms with E-state index in [0.29, 0.717) is 0 Å². The fourth-order valence-electron chi connectivity index (χ4n) is 4.03. The van der Waals surface area contributed by atoms with Crippen LogP contribution in [0.3, 0.4) is 0 Å². The van der Waals surface area contributed by atoms with Crippen molar-refractivity contribution in [3.8, 4) is 0 Å². The molecule has 2 heterocycles. The fraction of sp³-hybridized carbons (Fsp3) is 0.231. The molecule has 0 radical (unpaired) electrons. The highest BCUT2D eigenvalue weighted by molar-refractivity contribution is 6.33. The van der Waals surface area contributed by atoms with Crippen molar-refractivity contribution in [1.82, 2.24) is 9.80 Å². The molecule has 0 saturated carbocycles. The van der Waals surface area contributed by atoms with E-state index in [2.05, 4.69) is 0 Å². The molecule has 2 aromatic carbocycles. The fourth-order valence-corrected chi connectivity index (χ4v) is 4.21. The lowest BCUT2D eigenvalue weighted by molar-refractivity contribution is -0.384. The number of nitrogens with zero attached hydrogens (tertiary/aromatic N) is 3. The molecule has 1 saturated heterocycles. The van der Waals surface area contributed by atoms with E-state index in [1.165, 1.54) is 54.5 Å². The first-order valence-corrected chi connectivity index (χ1v) is 12.0. The molecule has 1 aromatic heterocycles. The third-order valence-corrected chi connectivity index (χ3v) is 6.36. The van der Waals surface area contributed by atoms with E-state index in [-0.39, 0.29) is 59.6 Å². The molecular formula is C26H22ClN3O8. The summed E-state index contributed by atoms with van der Waals surface area (Å²) in [6.45, 7) is 2.50. The minimum Gasteiger partial charge on any atom is -0.459 e. The molecule has 0 bridgehead atoms. The predicted molar refractivity (Wildman–Crippen MR) is 134 cm³/mol. The molecule has 0 unspecified atom stereocenters. The number of carbonyl (C=O) groups is 4. The molecule has 1 aliphatic rings. The Bertz CT molecular complexity index is 1400. The first kappa shape index (κ1) is 26.6. The maximum Gasteiger partial charge on any atom is 0.339 e. The summed E-state index contributed by atoms with van der Waals surface area (Å²) in [5.74, 6) is -2.04. The van der Waals surface area contributed by atoms with E-state index in [4.69, 9.17) is 20.8 Å². The predicted octanol–water partition coefficient (Wildman–Crippen LogP) is 3.60. The number of amides is 2. The standard InChI is InChI=1S/C26H22ClN3O8/c1-16(24(32)28-10-12-29(13-11-28)25(33)22-7-4-14-37-22)38-26(34)19-6-3-2-5-18(19)23(31)17-8-9-20(27)21(15-17)30(35)36/h2-9,14-16H,10-13H2,1H3/t16-/m1/s1. The Hall–Kier alpha value is -4.51. The quantitative estimate of drug-likeness (QED) is 0.192. The highest BCUT2D eigenvalue weighted by Gasteiger charge is 2.31. The van der Waals surface area contributed by atoms with Crippen LogP contribution in [-0.2, 0) is 9.53 Å². The Labute approximate surface area is 221 Å². The van der Waals surface area contributed by atoms with E-state index in [9.17, 15) is 29.3 Å². The van der Waals surface area contributed by atoms with Crippen molar-refractivity contribution in [2.45, 2.75) is 13.0 Å². The van der Waals surface area contributed by atoms with Crippen molar-refractivity contribution in [3.63, 3.8) is 0 Å². The van der Waals surface area contributed by atoms with Crippen molar-refractivity contribution >= 4 is 40.9 Å². The van der Waals surface area contributed by atoms with Crippen LogP contribution in [0.15, 0.2) is 65.3 Å². The summed E-state index contributed by atoms with van der Waals surface area (Å²) in [7, 11) is 0. The number of carbonyl (C=O) groups excluding carboxylic acids is 4. The molecule has 4 rings (SSSR count). The van der Waals surface area contributed by atoms with Crippen LogP contribution in [0.25, 0.3) is 0 Å². The lowest BCUT2D eigenvalue weighted by atomic mass is 9.98. The number of halogens is 1. The van der Waals surface area contributed by atoms with Crippen molar-refractivity contribution in [3.05, 3.63) is 98.4 Å². The Morgan fingerprint density at radius 1 is 0.974 bits per heavy atom. The van der Waals surface area contributed by atoms with Crippen LogP contribution in [0.1, 0.15) is 43.8 Å². The van der Waals surface area contributed by atoms with Gasteiger partial charge in [0, 0.05) is 43.4 Å². The number of rotatable bonds is 7. The molecule has 0 spiro atoms. The second kappa shape index (κ2) is 11.3. The first-order chi connectivity index (χ1) is 18.2. The molecule has 38 heavy (non-hydrogen) atoms. The van der Waals surface area contributed by atoms with Gasteiger partial charge in [-0.2, -0.15) is 0 Å². The van der Waals surface area contributed by atoms with Gasteiger partial charge < -0.3 is 19.0 Å².